The van der Waals surface area contributed by atoms with Crippen molar-refractivity contribution >= 4 is 28.0 Å². The Morgan fingerprint density at radius 1 is 1.38 bits per heavy atom. The van der Waals surface area contributed by atoms with Crippen molar-refractivity contribution in [2.75, 3.05) is 13.6 Å². The van der Waals surface area contributed by atoms with Gasteiger partial charge in [0.05, 0.1) is 22.2 Å². The highest BCUT2D eigenvalue weighted by Gasteiger charge is 2.25. The second kappa shape index (κ2) is 8.84. The first-order valence-electron chi connectivity index (χ1n) is 8.98. The summed E-state index contributed by atoms with van der Waals surface area (Å²) in [6.07, 6.45) is 6.87. The third-order valence-corrected chi connectivity index (χ3v) is 5.51. The van der Waals surface area contributed by atoms with Crippen molar-refractivity contribution in [2.45, 2.75) is 59.5 Å². The van der Waals surface area contributed by atoms with Crippen LogP contribution in [0, 0.1) is 18.8 Å². The van der Waals surface area contributed by atoms with E-state index in [2.05, 4.69) is 46.7 Å². The van der Waals surface area contributed by atoms with Crippen LogP contribution in [0.3, 0.4) is 0 Å². The van der Waals surface area contributed by atoms with E-state index < -0.39 is 0 Å². The Balaban J connectivity index is 2.02. The molecule has 5 heteroatoms. The highest BCUT2D eigenvalue weighted by atomic mass is 79.9. The van der Waals surface area contributed by atoms with Crippen LogP contribution in [0.1, 0.15) is 52.1 Å². The minimum absolute atomic E-state index is 0.281. The molecule has 0 atom stereocenters. The molecule has 0 bridgehead atoms. The minimum Gasteiger partial charge on any atom is -0.474 e. The van der Waals surface area contributed by atoms with Crippen molar-refractivity contribution in [1.29, 1.82) is 0 Å². The standard InChI is InChI=1S/C19H30BrN3O/c1-6-23(5)12-21-18-11-17(20)19(22-14(18)4)24-16-9-7-15(8-10-16)13(2)3/h11-13,15-16H,6-10H2,1-5H3/b21-12+. The maximum atomic E-state index is 6.18. The SMILES string of the molecule is CCN(C)/C=N/c1cc(Br)c(OC2CCC(C(C)C)CC2)nc1C. The van der Waals surface area contributed by atoms with Gasteiger partial charge in [-0.15, -0.1) is 0 Å². The number of aryl methyl sites for hydroxylation is 1. The summed E-state index contributed by atoms with van der Waals surface area (Å²) < 4.78 is 7.06. The molecule has 0 amide bonds. The van der Waals surface area contributed by atoms with Gasteiger partial charge in [0.1, 0.15) is 6.10 Å². The molecule has 0 unspecified atom stereocenters. The fraction of sp³-hybridized carbons (Fsp3) is 0.684. The molecule has 4 nitrogen and oxygen atoms in total. The van der Waals surface area contributed by atoms with E-state index in [0.29, 0.717) is 5.88 Å². The summed E-state index contributed by atoms with van der Waals surface area (Å²) in [5.41, 5.74) is 1.77. The van der Waals surface area contributed by atoms with Crippen molar-refractivity contribution in [1.82, 2.24) is 9.88 Å². The van der Waals surface area contributed by atoms with E-state index in [9.17, 15) is 0 Å². The molecule has 1 fully saturated rings. The van der Waals surface area contributed by atoms with Crippen LogP contribution in [0.5, 0.6) is 5.88 Å². The van der Waals surface area contributed by atoms with Crippen molar-refractivity contribution in [3.8, 4) is 5.88 Å². The second-order valence-corrected chi connectivity index (χ2v) is 7.95. The monoisotopic (exact) mass is 395 g/mol. The van der Waals surface area contributed by atoms with Gasteiger partial charge in [0.15, 0.2) is 0 Å². The van der Waals surface area contributed by atoms with E-state index in [1.165, 1.54) is 12.8 Å². The minimum atomic E-state index is 0.281. The van der Waals surface area contributed by atoms with Gasteiger partial charge in [0, 0.05) is 13.6 Å². The van der Waals surface area contributed by atoms with Crippen LogP contribution in [0.25, 0.3) is 0 Å². The zero-order valence-electron chi connectivity index (χ0n) is 15.6. The fourth-order valence-corrected chi connectivity index (χ4v) is 3.43. The summed E-state index contributed by atoms with van der Waals surface area (Å²) in [5, 5.41) is 0. The number of ether oxygens (including phenoxy) is 1. The summed E-state index contributed by atoms with van der Waals surface area (Å²) in [7, 11) is 2.01. The third-order valence-electron chi connectivity index (χ3n) is 4.94. The first-order valence-corrected chi connectivity index (χ1v) is 9.78. The quantitative estimate of drug-likeness (QED) is 0.480. The van der Waals surface area contributed by atoms with E-state index in [0.717, 1.165) is 47.1 Å². The lowest BCUT2D eigenvalue weighted by molar-refractivity contribution is 0.111. The number of rotatable bonds is 6. The zero-order valence-corrected chi connectivity index (χ0v) is 17.1. The Kier molecular flexibility index (Phi) is 7.08. The smallest absolute Gasteiger partial charge is 0.228 e. The number of halogens is 1. The molecule has 0 spiro atoms. The Bertz CT molecular complexity index is 566. The molecule has 1 aliphatic rings. The van der Waals surface area contributed by atoms with Crippen molar-refractivity contribution < 1.29 is 4.74 Å². The fourth-order valence-electron chi connectivity index (χ4n) is 3.04. The van der Waals surface area contributed by atoms with Gasteiger partial charge in [-0.3, -0.25) is 0 Å². The van der Waals surface area contributed by atoms with Crippen LogP contribution in [0.2, 0.25) is 0 Å². The average molecular weight is 396 g/mol. The summed E-state index contributed by atoms with van der Waals surface area (Å²) in [6, 6.07) is 2.00. The molecular weight excluding hydrogens is 366 g/mol. The van der Waals surface area contributed by atoms with Gasteiger partial charge in [0.25, 0.3) is 0 Å². The summed E-state index contributed by atoms with van der Waals surface area (Å²) >= 11 is 3.59. The van der Waals surface area contributed by atoms with Crippen LogP contribution < -0.4 is 4.74 Å². The van der Waals surface area contributed by atoms with Crippen molar-refractivity contribution in [3.05, 3.63) is 16.2 Å². The van der Waals surface area contributed by atoms with Crippen LogP contribution >= 0.6 is 15.9 Å². The lowest BCUT2D eigenvalue weighted by Crippen LogP contribution is -2.26. The largest absolute Gasteiger partial charge is 0.474 e. The molecule has 24 heavy (non-hydrogen) atoms. The molecule has 1 aliphatic carbocycles. The van der Waals surface area contributed by atoms with Gasteiger partial charge >= 0.3 is 0 Å². The number of hydrogen-bond donors (Lipinski definition) is 0. The molecule has 1 heterocycles. The average Bonchev–Trinajstić information content (AvgIpc) is 2.56. The van der Waals surface area contributed by atoms with Crippen LogP contribution in [0.4, 0.5) is 5.69 Å². The predicted octanol–water partition coefficient (Wildman–Crippen LogP) is 5.36. The van der Waals surface area contributed by atoms with Crippen molar-refractivity contribution in [2.24, 2.45) is 16.8 Å². The Labute approximate surface area is 154 Å². The number of hydrogen-bond acceptors (Lipinski definition) is 3. The second-order valence-electron chi connectivity index (χ2n) is 7.10. The normalized spacial score (nSPS) is 21.5. The third kappa shape index (κ3) is 5.20. The van der Waals surface area contributed by atoms with E-state index in [1.54, 1.807) is 0 Å². The van der Waals surface area contributed by atoms with Crippen LogP contribution in [-0.4, -0.2) is 35.9 Å². The van der Waals surface area contributed by atoms with Gasteiger partial charge in [-0.2, -0.15) is 0 Å². The number of aromatic nitrogens is 1. The van der Waals surface area contributed by atoms with E-state index in [1.807, 2.05) is 31.3 Å². The molecule has 1 aromatic rings. The Hall–Kier alpha value is -1.10. The molecular formula is C19H30BrN3O. The van der Waals surface area contributed by atoms with Gasteiger partial charge in [-0.1, -0.05) is 13.8 Å². The molecule has 0 N–H and O–H groups in total. The van der Waals surface area contributed by atoms with Gasteiger partial charge in [-0.25, -0.2) is 9.98 Å². The molecule has 1 saturated carbocycles. The van der Waals surface area contributed by atoms with E-state index in [4.69, 9.17) is 4.74 Å². The summed E-state index contributed by atoms with van der Waals surface area (Å²) in [6.45, 7) is 9.65. The highest BCUT2D eigenvalue weighted by Crippen LogP contribution is 2.35. The van der Waals surface area contributed by atoms with Crippen LogP contribution in [-0.2, 0) is 0 Å². The molecule has 1 aromatic heterocycles. The van der Waals surface area contributed by atoms with E-state index in [-0.39, 0.29) is 6.10 Å². The Morgan fingerprint density at radius 2 is 2.04 bits per heavy atom. The molecule has 134 valence electrons. The lowest BCUT2D eigenvalue weighted by Gasteiger charge is -2.31. The molecule has 0 radical (unpaired) electrons. The number of pyridine rings is 1. The first-order chi connectivity index (χ1) is 11.4. The maximum Gasteiger partial charge on any atom is 0.228 e. The molecule has 0 aromatic carbocycles. The first kappa shape index (κ1) is 19.2. The highest BCUT2D eigenvalue weighted by molar-refractivity contribution is 9.10. The molecule has 2 rings (SSSR count). The summed E-state index contributed by atoms with van der Waals surface area (Å²) in [4.78, 5) is 11.2. The van der Waals surface area contributed by atoms with Gasteiger partial charge in [0.2, 0.25) is 5.88 Å². The van der Waals surface area contributed by atoms with Crippen molar-refractivity contribution in [3.63, 3.8) is 0 Å². The van der Waals surface area contributed by atoms with Crippen LogP contribution in [0.15, 0.2) is 15.5 Å². The van der Waals surface area contributed by atoms with Gasteiger partial charge in [-0.05, 0) is 73.4 Å². The maximum absolute atomic E-state index is 6.18. The molecule has 0 aliphatic heterocycles. The predicted molar refractivity (Wildman–Crippen MR) is 104 cm³/mol. The zero-order chi connectivity index (χ0) is 17.7. The lowest BCUT2D eigenvalue weighted by atomic mass is 9.80. The van der Waals surface area contributed by atoms with Gasteiger partial charge < -0.3 is 9.64 Å². The number of aliphatic imine (C=N–C) groups is 1. The summed E-state index contributed by atoms with van der Waals surface area (Å²) in [5.74, 6) is 2.31. The molecule has 0 saturated heterocycles. The Morgan fingerprint density at radius 3 is 2.62 bits per heavy atom. The topological polar surface area (TPSA) is 37.7 Å². The van der Waals surface area contributed by atoms with E-state index >= 15 is 0 Å². The number of nitrogens with zero attached hydrogens (tertiary/aromatic N) is 3.